The third kappa shape index (κ3) is 6.94. The first kappa shape index (κ1) is 31.8. The van der Waals surface area contributed by atoms with Crippen LogP contribution in [0.2, 0.25) is 50.2 Å². The predicted octanol–water partition coefficient (Wildman–Crippen LogP) is 9.17. The number of halogens is 10. The standard InChI is InChI=1S/C20H10Cl10O6S/c21-9-11(23)15(27)19(16(28)12(9)24)35-7(31)1-5-3-37(33,34)4-6(5)2-8(32)36-20-17(29)13(25)10(22)14(26)18(20)30/h5-6H,1-4H2/t5-,6-/m0/s1. The molecule has 0 spiro atoms. The number of hydrogen-bond donors (Lipinski definition) is 0. The third-order valence-corrected chi connectivity index (χ3v) is 11.6. The van der Waals surface area contributed by atoms with Crippen molar-refractivity contribution in [3.05, 3.63) is 50.2 Å². The molecule has 1 aliphatic heterocycles. The van der Waals surface area contributed by atoms with Crippen LogP contribution in [0.25, 0.3) is 0 Å². The van der Waals surface area contributed by atoms with E-state index in [0.717, 1.165) is 0 Å². The van der Waals surface area contributed by atoms with Gasteiger partial charge in [-0.15, -0.1) is 0 Å². The minimum absolute atomic E-state index is 0.137. The summed E-state index contributed by atoms with van der Waals surface area (Å²) in [5.74, 6) is -4.89. The first-order chi connectivity index (χ1) is 17.1. The van der Waals surface area contributed by atoms with Gasteiger partial charge in [-0.2, -0.15) is 0 Å². The number of esters is 2. The Kier molecular flexibility index (Phi) is 10.6. The Labute approximate surface area is 261 Å². The van der Waals surface area contributed by atoms with Crippen molar-refractivity contribution in [2.75, 3.05) is 11.5 Å². The van der Waals surface area contributed by atoms with Crippen molar-refractivity contribution in [2.24, 2.45) is 11.8 Å². The topological polar surface area (TPSA) is 86.7 Å². The summed E-state index contributed by atoms with van der Waals surface area (Å²) in [7, 11) is -3.59. The van der Waals surface area contributed by atoms with Gasteiger partial charge in [-0.1, -0.05) is 116 Å². The van der Waals surface area contributed by atoms with Gasteiger partial charge in [0.1, 0.15) is 20.1 Å². The summed E-state index contributed by atoms with van der Waals surface area (Å²) in [5.41, 5.74) is 0. The van der Waals surface area contributed by atoms with Gasteiger partial charge in [-0.25, -0.2) is 8.42 Å². The molecule has 3 rings (SSSR count). The van der Waals surface area contributed by atoms with Crippen LogP contribution in [0.15, 0.2) is 0 Å². The first-order valence-electron chi connectivity index (χ1n) is 9.70. The van der Waals surface area contributed by atoms with Gasteiger partial charge in [0.05, 0.1) is 54.5 Å². The lowest BCUT2D eigenvalue weighted by atomic mass is 9.90. The van der Waals surface area contributed by atoms with Gasteiger partial charge in [-0.05, 0) is 11.8 Å². The summed E-state index contributed by atoms with van der Waals surface area (Å²) in [6.07, 6.45) is -0.830. The van der Waals surface area contributed by atoms with Crippen molar-refractivity contribution in [1.29, 1.82) is 0 Å². The molecule has 1 aliphatic rings. The number of ether oxygens (including phenoxy) is 2. The zero-order valence-electron chi connectivity index (χ0n) is 17.6. The smallest absolute Gasteiger partial charge is 0.311 e. The Balaban J connectivity index is 1.77. The number of hydrogen-bond acceptors (Lipinski definition) is 6. The van der Waals surface area contributed by atoms with Gasteiger partial charge in [0, 0.05) is 0 Å². The van der Waals surface area contributed by atoms with Gasteiger partial charge in [-0.3, -0.25) is 9.59 Å². The molecular formula is C20H10Cl10O6S. The van der Waals surface area contributed by atoms with Crippen molar-refractivity contribution in [1.82, 2.24) is 0 Å². The quantitative estimate of drug-likeness (QED) is 0.128. The fraction of sp³-hybridized carbons (Fsp3) is 0.300. The number of benzene rings is 2. The molecule has 2 atom stereocenters. The van der Waals surface area contributed by atoms with E-state index in [2.05, 4.69) is 0 Å². The highest BCUT2D eigenvalue weighted by molar-refractivity contribution is 7.91. The van der Waals surface area contributed by atoms with Crippen LogP contribution < -0.4 is 9.47 Å². The van der Waals surface area contributed by atoms with Crippen LogP contribution in [0.1, 0.15) is 12.8 Å². The Morgan fingerprint density at radius 3 is 1.05 bits per heavy atom. The summed E-state index contributed by atoms with van der Waals surface area (Å²) in [5, 5.41) is -2.08. The van der Waals surface area contributed by atoms with Gasteiger partial charge < -0.3 is 9.47 Å². The molecule has 0 aliphatic carbocycles. The zero-order valence-corrected chi connectivity index (χ0v) is 26.0. The van der Waals surface area contributed by atoms with E-state index in [4.69, 9.17) is 125 Å². The highest BCUT2D eigenvalue weighted by atomic mass is 35.5. The van der Waals surface area contributed by atoms with Gasteiger partial charge in [0.25, 0.3) is 0 Å². The summed E-state index contributed by atoms with van der Waals surface area (Å²) in [6.45, 7) is 0. The molecule has 0 radical (unpaired) electrons. The summed E-state index contributed by atoms with van der Waals surface area (Å²) >= 11 is 60.0. The maximum Gasteiger partial charge on any atom is 0.311 e. The van der Waals surface area contributed by atoms with Crippen molar-refractivity contribution in [2.45, 2.75) is 12.8 Å². The van der Waals surface area contributed by atoms with Crippen molar-refractivity contribution in [3.63, 3.8) is 0 Å². The number of sulfone groups is 1. The van der Waals surface area contributed by atoms with Crippen LogP contribution in [0.3, 0.4) is 0 Å². The number of carbonyl (C=O) groups is 2. The highest BCUT2D eigenvalue weighted by Crippen LogP contribution is 2.49. The van der Waals surface area contributed by atoms with Crippen molar-refractivity contribution >= 4 is 138 Å². The lowest BCUT2D eigenvalue weighted by Crippen LogP contribution is -2.24. The van der Waals surface area contributed by atoms with Crippen LogP contribution in [0, 0.1) is 11.8 Å². The minimum Gasteiger partial charge on any atom is -0.423 e. The Morgan fingerprint density at radius 1 is 0.541 bits per heavy atom. The van der Waals surface area contributed by atoms with E-state index < -0.39 is 46.5 Å². The minimum atomic E-state index is -3.59. The van der Waals surface area contributed by atoms with E-state index in [9.17, 15) is 18.0 Å². The summed E-state index contributed by atoms with van der Waals surface area (Å²) in [6, 6.07) is 0. The molecule has 37 heavy (non-hydrogen) atoms. The second-order valence-corrected chi connectivity index (χ2v) is 13.7. The average molecular weight is 733 g/mol. The van der Waals surface area contributed by atoms with Crippen LogP contribution >= 0.6 is 116 Å². The molecule has 6 nitrogen and oxygen atoms in total. The average Bonchev–Trinajstić information content (AvgIpc) is 3.11. The highest BCUT2D eigenvalue weighted by Gasteiger charge is 2.41. The van der Waals surface area contributed by atoms with E-state index in [1.54, 1.807) is 0 Å². The predicted molar refractivity (Wildman–Crippen MR) is 149 cm³/mol. The van der Waals surface area contributed by atoms with Crippen LogP contribution in [-0.4, -0.2) is 31.9 Å². The maximum absolute atomic E-state index is 12.7. The normalized spacial score (nSPS) is 18.6. The molecule has 0 bridgehead atoms. The molecule has 2 aromatic rings. The van der Waals surface area contributed by atoms with E-state index in [0.29, 0.717) is 0 Å². The fourth-order valence-electron chi connectivity index (χ4n) is 3.53. The molecule has 0 amide bonds. The second-order valence-electron chi connectivity index (χ2n) is 7.75. The number of rotatable bonds is 6. The van der Waals surface area contributed by atoms with E-state index in [1.165, 1.54) is 0 Å². The lowest BCUT2D eigenvalue weighted by molar-refractivity contribution is -0.138. The SMILES string of the molecule is O=C(C[C@H]1CS(=O)(=O)C[C@@H]1CC(=O)Oc1c(Cl)c(Cl)c(Cl)c(Cl)c1Cl)Oc1c(Cl)c(Cl)c(Cl)c(Cl)c1Cl. The monoisotopic (exact) mass is 728 g/mol. The molecule has 0 N–H and O–H groups in total. The van der Waals surface area contributed by atoms with Crippen molar-refractivity contribution < 1.29 is 27.5 Å². The largest absolute Gasteiger partial charge is 0.423 e. The van der Waals surface area contributed by atoms with Gasteiger partial charge in [0.15, 0.2) is 21.3 Å². The third-order valence-electron chi connectivity index (χ3n) is 5.23. The lowest BCUT2D eigenvalue weighted by Gasteiger charge is -2.18. The number of carbonyl (C=O) groups excluding carboxylic acids is 2. The molecular weight excluding hydrogens is 723 g/mol. The molecule has 2 aromatic carbocycles. The van der Waals surface area contributed by atoms with E-state index >= 15 is 0 Å². The van der Waals surface area contributed by atoms with Gasteiger partial charge in [0.2, 0.25) is 0 Å². The molecule has 1 saturated heterocycles. The van der Waals surface area contributed by atoms with E-state index in [1.807, 2.05) is 0 Å². The molecule has 0 aromatic heterocycles. The molecule has 0 unspecified atom stereocenters. The Hall–Kier alpha value is 0.230. The van der Waals surface area contributed by atoms with Crippen molar-refractivity contribution in [3.8, 4) is 11.5 Å². The first-order valence-corrected chi connectivity index (χ1v) is 15.3. The molecule has 1 heterocycles. The molecule has 202 valence electrons. The molecule has 1 fully saturated rings. The summed E-state index contributed by atoms with van der Waals surface area (Å²) < 4.78 is 35.1. The van der Waals surface area contributed by atoms with Gasteiger partial charge >= 0.3 is 11.9 Å². The fourth-order valence-corrected chi connectivity index (χ4v) is 8.15. The Morgan fingerprint density at radius 2 is 0.784 bits per heavy atom. The van der Waals surface area contributed by atoms with Crippen LogP contribution in [0.4, 0.5) is 0 Å². The van der Waals surface area contributed by atoms with Crippen LogP contribution in [0.5, 0.6) is 11.5 Å². The molecule has 0 saturated carbocycles. The zero-order chi connectivity index (χ0) is 28.0. The van der Waals surface area contributed by atoms with Crippen LogP contribution in [-0.2, 0) is 19.4 Å². The molecule has 17 heteroatoms. The summed E-state index contributed by atoms with van der Waals surface area (Å²) in [4.78, 5) is 25.3. The maximum atomic E-state index is 12.7. The Bertz CT molecular complexity index is 1250. The second kappa shape index (κ2) is 12.4. The van der Waals surface area contributed by atoms with E-state index in [-0.39, 0.29) is 73.2 Å².